The van der Waals surface area contributed by atoms with Crippen molar-refractivity contribution < 1.29 is 9.18 Å². The molecule has 1 aromatic rings. The van der Waals surface area contributed by atoms with Crippen LogP contribution in [-0.2, 0) is 4.79 Å². The fraction of sp³-hybridized carbons (Fsp3) is 0.462. The number of benzene rings is 1. The quantitative estimate of drug-likeness (QED) is 0.887. The number of rotatable bonds is 3. The topological polar surface area (TPSA) is 41.1 Å². The highest BCUT2D eigenvalue weighted by molar-refractivity contribution is 6.33. The molecule has 1 aliphatic heterocycles. The fourth-order valence-electron chi connectivity index (χ4n) is 2.16. The molecule has 98 valence electrons. The molecule has 0 radical (unpaired) electrons. The molecule has 0 unspecified atom stereocenters. The fourth-order valence-corrected chi connectivity index (χ4v) is 2.37. The third-order valence-corrected chi connectivity index (χ3v) is 3.47. The molecule has 0 saturated carbocycles. The molecule has 2 rings (SSSR count). The lowest BCUT2D eigenvalue weighted by atomic mass is 9.94. The van der Waals surface area contributed by atoms with Gasteiger partial charge >= 0.3 is 0 Å². The van der Waals surface area contributed by atoms with Crippen molar-refractivity contribution in [3.63, 3.8) is 0 Å². The van der Waals surface area contributed by atoms with Crippen molar-refractivity contribution in [3.05, 3.63) is 29.0 Å². The molecule has 1 aromatic carbocycles. The predicted molar refractivity (Wildman–Crippen MR) is 70.3 cm³/mol. The summed E-state index contributed by atoms with van der Waals surface area (Å²) in [6.07, 6.45) is 2.39. The number of nitrogens with one attached hydrogen (secondary N) is 2. The van der Waals surface area contributed by atoms with Gasteiger partial charge in [0.05, 0.1) is 10.7 Å². The summed E-state index contributed by atoms with van der Waals surface area (Å²) in [6, 6.07) is 4.36. The van der Waals surface area contributed by atoms with Gasteiger partial charge in [0, 0.05) is 6.42 Å². The lowest BCUT2D eigenvalue weighted by Gasteiger charge is -2.22. The van der Waals surface area contributed by atoms with Crippen LogP contribution in [0, 0.1) is 11.7 Å². The van der Waals surface area contributed by atoms with Crippen LogP contribution in [0.4, 0.5) is 10.1 Å². The van der Waals surface area contributed by atoms with Crippen LogP contribution in [0.3, 0.4) is 0 Å². The predicted octanol–water partition coefficient (Wildman–Crippen LogP) is 2.81. The van der Waals surface area contributed by atoms with E-state index in [-0.39, 0.29) is 16.6 Å². The molecular formula is C13H16ClFN2O. The molecule has 0 aromatic heterocycles. The number of halogens is 2. The first kappa shape index (κ1) is 13.3. The summed E-state index contributed by atoms with van der Waals surface area (Å²) in [5, 5.41) is 6.03. The molecule has 1 saturated heterocycles. The van der Waals surface area contributed by atoms with Gasteiger partial charge in [0.25, 0.3) is 0 Å². The Bertz CT molecular complexity index is 413. The van der Waals surface area contributed by atoms with Gasteiger partial charge in [-0.1, -0.05) is 17.7 Å². The zero-order valence-corrected chi connectivity index (χ0v) is 10.8. The van der Waals surface area contributed by atoms with Crippen molar-refractivity contribution in [2.24, 2.45) is 5.92 Å². The van der Waals surface area contributed by atoms with E-state index >= 15 is 0 Å². The van der Waals surface area contributed by atoms with E-state index in [1.54, 1.807) is 6.07 Å². The van der Waals surface area contributed by atoms with E-state index < -0.39 is 5.82 Å². The second-order valence-corrected chi connectivity index (χ2v) is 4.95. The highest BCUT2D eigenvalue weighted by Crippen LogP contribution is 2.25. The van der Waals surface area contributed by atoms with Gasteiger partial charge in [-0.2, -0.15) is 0 Å². The molecular weight excluding hydrogens is 255 g/mol. The Morgan fingerprint density at radius 2 is 2.17 bits per heavy atom. The Balaban J connectivity index is 1.94. The van der Waals surface area contributed by atoms with Gasteiger partial charge in [-0.25, -0.2) is 4.39 Å². The number of carbonyl (C=O) groups excluding carboxylic acids is 1. The van der Waals surface area contributed by atoms with Crippen molar-refractivity contribution in [2.75, 3.05) is 18.4 Å². The second kappa shape index (κ2) is 6.16. The molecule has 0 atom stereocenters. The van der Waals surface area contributed by atoms with Gasteiger partial charge < -0.3 is 10.6 Å². The smallest absolute Gasteiger partial charge is 0.224 e. The summed E-state index contributed by atoms with van der Waals surface area (Å²) >= 11 is 5.85. The van der Waals surface area contributed by atoms with Crippen LogP contribution in [0.15, 0.2) is 18.2 Å². The van der Waals surface area contributed by atoms with Crippen LogP contribution < -0.4 is 10.6 Å². The Hall–Kier alpha value is -1.13. The van der Waals surface area contributed by atoms with E-state index in [1.165, 1.54) is 12.1 Å². The van der Waals surface area contributed by atoms with Crippen molar-refractivity contribution >= 4 is 23.2 Å². The molecule has 2 N–H and O–H groups in total. The zero-order valence-electron chi connectivity index (χ0n) is 10.0. The lowest BCUT2D eigenvalue weighted by molar-refractivity contribution is -0.117. The van der Waals surface area contributed by atoms with Gasteiger partial charge in [-0.3, -0.25) is 4.79 Å². The van der Waals surface area contributed by atoms with E-state index in [1.807, 2.05) is 0 Å². The minimum absolute atomic E-state index is 0.0816. The highest BCUT2D eigenvalue weighted by atomic mass is 35.5. The summed E-state index contributed by atoms with van der Waals surface area (Å²) in [4.78, 5) is 11.8. The third-order valence-electron chi connectivity index (χ3n) is 3.16. The van der Waals surface area contributed by atoms with Crippen molar-refractivity contribution in [3.8, 4) is 0 Å². The third kappa shape index (κ3) is 3.43. The average molecular weight is 271 g/mol. The van der Waals surface area contributed by atoms with Gasteiger partial charge in [0.1, 0.15) is 5.82 Å². The molecule has 1 fully saturated rings. The molecule has 0 aliphatic carbocycles. The number of piperidine rings is 1. The maximum atomic E-state index is 13.5. The van der Waals surface area contributed by atoms with Gasteiger partial charge in [-0.15, -0.1) is 0 Å². The Labute approximate surface area is 111 Å². The number of hydrogen-bond donors (Lipinski definition) is 2. The SMILES string of the molecule is O=C(CC1CCNCC1)Nc1c(F)cccc1Cl. The molecule has 1 heterocycles. The summed E-state index contributed by atoms with van der Waals surface area (Å²) in [6.45, 7) is 1.89. The first-order valence-corrected chi connectivity index (χ1v) is 6.49. The zero-order chi connectivity index (χ0) is 13.0. The normalized spacial score (nSPS) is 16.6. The second-order valence-electron chi connectivity index (χ2n) is 4.54. The molecule has 1 amide bonds. The first-order chi connectivity index (χ1) is 8.66. The minimum atomic E-state index is -0.499. The van der Waals surface area contributed by atoms with Gasteiger partial charge in [-0.05, 0) is 44.0 Å². The van der Waals surface area contributed by atoms with Crippen molar-refractivity contribution in [2.45, 2.75) is 19.3 Å². The molecule has 1 aliphatic rings. The van der Waals surface area contributed by atoms with Gasteiger partial charge in [0.2, 0.25) is 5.91 Å². The van der Waals surface area contributed by atoms with E-state index in [4.69, 9.17) is 11.6 Å². The minimum Gasteiger partial charge on any atom is -0.322 e. The van der Waals surface area contributed by atoms with Crippen LogP contribution >= 0.6 is 11.6 Å². The summed E-state index contributed by atoms with van der Waals surface area (Å²) < 4.78 is 13.5. The van der Waals surface area contributed by atoms with Crippen LogP contribution in [0.25, 0.3) is 0 Å². The molecule has 18 heavy (non-hydrogen) atoms. The van der Waals surface area contributed by atoms with Gasteiger partial charge in [0.15, 0.2) is 0 Å². The molecule has 0 spiro atoms. The number of hydrogen-bond acceptors (Lipinski definition) is 2. The summed E-state index contributed by atoms with van der Waals surface area (Å²) in [5.74, 6) is -0.299. The number of amides is 1. The maximum absolute atomic E-state index is 13.5. The molecule has 0 bridgehead atoms. The lowest BCUT2D eigenvalue weighted by Crippen LogP contribution is -2.30. The Morgan fingerprint density at radius 1 is 1.44 bits per heavy atom. The number of anilines is 1. The van der Waals surface area contributed by atoms with E-state index in [0.717, 1.165) is 25.9 Å². The van der Waals surface area contributed by atoms with Crippen LogP contribution in [0.1, 0.15) is 19.3 Å². The summed E-state index contributed by atoms with van der Waals surface area (Å²) in [7, 11) is 0. The first-order valence-electron chi connectivity index (χ1n) is 6.11. The largest absolute Gasteiger partial charge is 0.322 e. The van der Waals surface area contributed by atoms with Crippen LogP contribution in [0.2, 0.25) is 5.02 Å². The number of carbonyl (C=O) groups is 1. The van der Waals surface area contributed by atoms with Crippen molar-refractivity contribution in [1.82, 2.24) is 5.32 Å². The summed E-state index contributed by atoms with van der Waals surface area (Å²) in [5.41, 5.74) is 0.0816. The Morgan fingerprint density at radius 3 is 2.83 bits per heavy atom. The van der Waals surface area contributed by atoms with Crippen molar-refractivity contribution in [1.29, 1.82) is 0 Å². The molecule has 5 heteroatoms. The number of para-hydroxylation sites is 1. The highest BCUT2D eigenvalue weighted by Gasteiger charge is 2.18. The Kier molecular flexibility index (Phi) is 4.55. The van der Waals surface area contributed by atoms with E-state index in [2.05, 4.69) is 10.6 Å². The average Bonchev–Trinajstić information content (AvgIpc) is 2.35. The van der Waals surface area contributed by atoms with E-state index in [9.17, 15) is 9.18 Å². The van der Waals surface area contributed by atoms with Crippen LogP contribution in [-0.4, -0.2) is 19.0 Å². The maximum Gasteiger partial charge on any atom is 0.224 e. The monoisotopic (exact) mass is 270 g/mol. The van der Waals surface area contributed by atoms with E-state index in [0.29, 0.717) is 12.3 Å². The molecule has 3 nitrogen and oxygen atoms in total. The van der Waals surface area contributed by atoms with Crippen LogP contribution in [0.5, 0.6) is 0 Å². The standard InChI is InChI=1S/C13H16ClFN2O/c14-10-2-1-3-11(15)13(10)17-12(18)8-9-4-6-16-7-5-9/h1-3,9,16H,4-8H2,(H,17,18).